The van der Waals surface area contributed by atoms with Crippen molar-refractivity contribution < 1.29 is 19.6 Å². The molecule has 0 aromatic carbocycles. The first-order chi connectivity index (χ1) is 24.3. The molecule has 4 nitrogen and oxygen atoms in total. The van der Waals surface area contributed by atoms with E-state index in [1.54, 1.807) is 0 Å². The largest absolute Gasteiger partial charge is 0.229 e. The molecule has 0 amide bonds. The van der Waals surface area contributed by atoms with Crippen LogP contribution in [0.25, 0.3) is 0 Å². The number of hydrogen-bond donors (Lipinski definition) is 0. The van der Waals surface area contributed by atoms with E-state index in [0.717, 1.165) is 32.1 Å². The molecule has 2 saturated heterocycles. The van der Waals surface area contributed by atoms with E-state index in [4.69, 9.17) is 19.6 Å². The predicted molar refractivity (Wildman–Crippen MR) is 220 cm³/mol. The van der Waals surface area contributed by atoms with Gasteiger partial charge in [-0.1, -0.05) is 174 Å². The molecule has 2 saturated carbocycles. The lowest BCUT2D eigenvalue weighted by atomic mass is 9.39. The average Bonchev–Trinajstić information content (AvgIpc) is 3.05. The SMILES string of the molecule is CCCCCC(C)(C)C1(C(C)(C)CCCCC)CCC2(C(C)(CC)C34CCC(C(C)(C)CCCCC)(C(C)(C)CCCCC)CC3OO4)OOC2C1. The molecule has 4 aliphatic rings. The Hall–Kier alpha value is -0.160. The van der Waals surface area contributed by atoms with Gasteiger partial charge >= 0.3 is 0 Å². The quantitative estimate of drug-likeness (QED) is 0.0775. The van der Waals surface area contributed by atoms with Crippen LogP contribution in [0.4, 0.5) is 0 Å². The summed E-state index contributed by atoms with van der Waals surface area (Å²) in [7, 11) is 0. The predicted octanol–water partition coefficient (Wildman–Crippen LogP) is 15.3. The number of rotatable bonds is 23. The van der Waals surface area contributed by atoms with Gasteiger partial charge in [0.25, 0.3) is 0 Å². The molecule has 2 aliphatic carbocycles. The second kappa shape index (κ2) is 16.7. The summed E-state index contributed by atoms with van der Waals surface area (Å²) in [5.74, 6) is 0. The van der Waals surface area contributed by atoms with E-state index in [1.807, 2.05) is 0 Å². The van der Waals surface area contributed by atoms with Gasteiger partial charge in [0.05, 0.1) is 0 Å². The molecule has 4 fully saturated rings. The Labute approximate surface area is 324 Å². The summed E-state index contributed by atoms with van der Waals surface area (Å²) in [6.07, 6.45) is 28.7. The van der Waals surface area contributed by atoms with Crippen molar-refractivity contribution >= 4 is 0 Å². The summed E-state index contributed by atoms with van der Waals surface area (Å²) in [6, 6.07) is 0. The molecule has 4 unspecified atom stereocenters. The maximum Gasteiger partial charge on any atom is 0.141 e. The molecule has 4 atom stereocenters. The maximum atomic E-state index is 6.68. The summed E-state index contributed by atoms with van der Waals surface area (Å²) in [4.78, 5) is 26.2. The van der Waals surface area contributed by atoms with Crippen LogP contribution in [-0.4, -0.2) is 23.4 Å². The van der Waals surface area contributed by atoms with E-state index >= 15 is 0 Å². The molecule has 4 rings (SSSR count). The maximum absolute atomic E-state index is 6.68. The van der Waals surface area contributed by atoms with Crippen LogP contribution < -0.4 is 0 Å². The van der Waals surface area contributed by atoms with E-state index in [1.165, 1.54) is 116 Å². The topological polar surface area (TPSA) is 36.9 Å². The van der Waals surface area contributed by atoms with Gasteiger partial charge in [-0.2, -0.15) is 0 Å². The Morgan fingerprint density at radius 1 is 0.423 bits per heavy atom. The highest BCUT2D eigenvalue weighted by Gasteiger charge is 2.79. The van der Waals surface area contributed by atoms with Gasteiger partial charge < -0.3 is 0 Å². The van der Waals surface area contributed by atoms with Crippen LogP contribution >= 0.6 is 0 Å². The third-order valence-electron chi connectivity index (χ3n) is 18.0. The van der Waals surface area contributed by atoms with Crippen LogP contribution in [0.1, 0.15) is 245 Å². The Morgan fingerprint density at radius 2 is 0.712 bits per heavy atom. The molecule has 2 heterocycles. The summed E-state index contributed by atoms with van der Waals surface area (Å²) in [5, 5.41) is 0. The molecule has 0 spiro atoms. The molecule has 0 aromatic heterocycles. The minimum absolute atomic E-state index is 0.0870. The fraction of sp³-hybridized carbons (Fsp3) is 1.00. The minimum Gasteiger partial charge on any atom is -0.229 e. The number of hydrogen-bond acceptors (Lipinski definition) is 4. The van der Waals surface area contributed by atoms with Gasteiger partial charge in [-0.25, -0.2) is 19.6 Å². The van der Waals surface area contributed by atoms with Crippen molar-refractivity contribution in [2.75, 3.05) is 0 Å². The van der Waals surface area contributed by atoms with Gasteiger partial charge in [0.2, 0.25) is 0 Å². The van der Waals surface area contributed by atoms with Gasteiger partial charge in [0.15, 0.2) is 0 Å². The van der Waals surface area contributed by atoms with E-state index in [-0.39, 0.29) is 61.3 Å². The second-order valence-corrected chi connectivity index (χ2v) is 21.7. The lowest BCUT2D eigenvalue weighted by molar-refractivity contribution is -0.604. The normalized spacial score (nSPS) is 30.1. The van der Waals surface area contributed by atoms with E-state index in [2.05, 4.69) is 96.9 Å². The summed E-state index contributed by atoms with van der Waals surface area (Å²) < 4.78 is 0. The van der Waals surface area contributed by atoms with Crippen molar-refractivity contribution in [3.05, 3.63) is 0 Å². The summed E-state index contributed by atoms with van der Waals surface area (Å²) in [5.41, 5.74) is 0.364. The van der Waals surface area contributed by atoms with Crippen molar-refractivity contribution in [2.24, 2.45) is 37.9 Å². The van der Waals surface area contributed by atoms with Crippen molar-refractivity contribution in [3.63, 3.8) is 0 Å². The molecule has 0 radical (unpaired) electrons. The lowest BCUT2D eigenvalue weighted by Crippen LogP contribution is -2.81. The van der Waals surface area contributed by atoms with Crippen molar-refractivity contribution in [1.29, 1.82) is 0 Å². The second-order valence-electron chi connectivity index (χ2n) is 21.7. The van der Waals surface area contributed by atoms with Crippen LogP contribution in [0.15, 0.2) is 0 Å². The molecule has 306 valence electrons. The van der Waals surface area contributed by atoms with Crippen LogP contribution in [0.2, 0.25) is 0 Å². The summed E-state index contributed by atoms with van der Waals surface area (Å²) in [6.45, 7) is 35.2. The van der Waals surface area contributed by atoms with Gasteiger partial charge in [0.1, 0.15) is 23.4 Å². The standard InChI is InChI=1S/C48H90O4/c1-15-20-24-28-40(6,7)45(41(8,9)29-25-21-16-2)32-34-47(38(36-45)49-51-47)44(14,19-5)48-35-33-46(37-39(48)50-52-48,42(10,11)30-26-22-17-3)43(12,13)31-27-23-18-4/h38-39H,15-37H2,1-14H3. The van der Waals surface area contributed by atoms with Crippen LogP contribution in [0, 0.1) is 37.9 Å². The number of fused-ring (bicyclic) bond motifs is 2. The monoisotopic (exact) mass is 731 g/mol. The zero-order valence-corrected chi connectivity index (χ0v) is 37.6. The van der Waals surface area contributed by atoms with E-state index in [0.29, 0.717) is 0 Å². The van der Waals surface area contributed by atoms with Crippen LogP contribution in [0.5, 0.6) is 0 Å². The van der Waals surface area contributed by atoms with Crippen LogP contribution in [-0.2, 0) is 19.6 Å². The fourth-order valence-electron chi connectivity index (χ4n) is 13.8. The first kappa shape index (κ1) is 44.6. The lowest BCUT2D eigenvalue weighted by Gasteiger charge is -2.73. The molecule has 0 N–H and O–H groups in total. The fourth-order valence-corrected chi connectivity index (χ4v) is 13.8. The van der Waals surface area contributed by atoms with Crippen LogP contribution in [0.3, 0.4) is 0 Å². The van der Waals surface area contributed by atoms with Gasteiger partial charge in [-0.05, 0) is 103 Å². The minimum atomic E-state index is -0.348. The molecule has 0 aromatic rings. The zero-order valence-electron chi connectivity index (χ0n) is 37.6. The third-order valence-corrected chi connectivity index (χ3v) is 18.0. The van der Waals surface area contributed by atoms with Gasteiger partial charge in [-0.15, -0.1) is 0 Å². The average molecular weight is 731 g/mol. The van der Waals surface area contributed by atoms with E-state index < -0.39 is 0 Å². The van der Waals surface area contributed by atoms with Crippen molar-refractivity contribution in [3.8, 4) is 0 Å². The highest BCUT2D eigenvalue weighted by Crippen LogP contribution is 2.74. The Bertz CT molecular complexity index is 993. The molecule has 4 heteroatoms. The smallest absolute Gasteiger partial charge is 0.141 e. The Morgan fingerprint density at radius 3 is 0.904 bits per heavy atom. The van der Waals surface area contributed by atoms with E-state index in [9.17, 15) is 0 Å². The first-order valence-corrected chi connectivity index (χ1v) is 23.0. The molecular formula is C48H90O4. The Kier molecular flexibility index (Phi) is 14.3. The van der Waals surface area contributed by atoms with Crippen molar-refractivity contribution in [2.45, 2.75) is 268 Å². The number of unbranched alkanes of at least 4 members (excludes halogenated alkanes) is 8. The molecule has 52 heavy (non-hydrogen) atoms. The molecule has 0 bridgehead atoms. The summed E-state index contributed by atoms with van der Waals surface area (Å²) >= 11 is 0. The molecular weight excluding hydrogens is 641 g/mol. The third kappa shape index (κ3) is 7.16. The highest BCUT2D eigenvalue weighted by atomic mass is 17.3. The highest BCUT2D eigenvalue weighted by molar-refractivity contribution is 5.24. The van der Waals surface area contributed by atoms with Gasteiger partial charge in [-0.3, -0.25) is 0 Å². The first-order valence-electron chi connectivity index (χ1n) is 23.0. The van der Waals surface area contributed by atoms with Gasteiger partial charge in [0, 0.05) is 5.41 Å². The molecule has 2 aliphatic heterocycles. The Balaban J connectivity index is 1.70. The zero-order chi connectivity index (χ0) is 38.7. The van der Waals surface area contributed by atoms with Crippen molar-refractivity contribution in [1.82, 2.24) is 0 Å².